The third-order valence-corrected chi connectivity index (χ3v) is 4.02. The lowest BCUT2D eigenvalue weighted by Crippen LogP contribution is -2.52. The second-order valence-corrected chi connectivity index (χ2v) is 5.55. The Kier molecular flexibility index (Phi) is 4.66. The molecule has 1 rings (SSSR count). The van der Waals surface area contributed by atoms with Gasteiger partial charge in [0.25, 0.3) is 10.2 Å². The summed E-state index contributed by atoms with van der Waals surface area (Å²) in [6, 6.07) is -0.475. The molecule has 1 aliphatic rings. The summed E-state index contributed by atoms with van der Waals surface area (Å²) in [5.74, 6) is -0.518. The zero-order chi connectivity index (χ0) is 12.2. The van der Waals surface area contributed by atoms with Gasteiger partial charge in [0.1, 0.15) is 0 Å². The van der Waals surface area contributed by atoms with E-state index in [0.717, 1.165) is 0 Å². The summed E-state index contributed by atoms with van der Waals surface area (Å²) in [6.07, 6.45) is 0.00528. The quantitative estimate of drug-likeness (QED) is 0.524. The molecular weight excluding hydrogens is 232 g/mol. The number of carbonyl (C=O) groups excluding carboxylic acids is 1. The number of primary amides is 1. The standard InChI is InChI=1S/C8H18N4O3S/c1-7(6-8(9)13)11-16(14,15)12-4-2-10-3-5-12/h7,10-11H,2-6H2,1H3,(H2,9,13). The van der Waals surface area contributed by atoms with E-state index in [0.29, 0.717) is 26.2 Å². The maximum absolute atomic E-state index is 11.8. The molecule has 1 saturated heterocycles. The Hall–Kier alpha value is -0.700. The number of hydrogen-bond acceptors (Lipinski definition) is 4. The molecule has 16 heavy (non-hydrogen) atoms. The van der Waals surface area contributed by atoms with Gasteiger partial charge in [-0.3, -0.25) is 4.79 Å². The molecule has 7 nitrogen and oxygen atoms in total. The van der Waals surface area contributed by atoms with Gasteiger partial charge in [-0.25, -0.2) is 0 Å². The van der Waals surface area contributed by atoms with E-state index in [4.69, 9.17) is 5.73 Å². The Balaban J connectivity index is 2.53. The van der Waals surface area contributed by atoms with Crippen molar-refractivity contribution < 1.29 is 13.2 Å². The summed E-state index contributed by atoms with van der Waals surface area (Å²) in [5.41, 5.74) is 4.99. The molecule has 8 heteroatoms. The van der Waals surface area contributed by atoms with Crippen LogP contribution >= 0.6 is 0 Å². The van der Waals surface area contributed by atoms with E-state index in [-0.39, 0.29) is 6.42 Å². The number of hydrogen-bond donors (Lipinski definition) is 3. The molecule has 0 aromatic heterocycles. The average Bonchev–Trinajstić information content (AvgIpc) is 2.16. The van der Waals surface area contributed by atoms with Crippen molar-refractivity contribution in [2.45, 2.75) is 19.4 Å². The van der Waals surface area contributed by atoms with Gasteiger partial charge in [0.2, 0.25) is 5.91 Å². The van der Waals surface area contributed by atoms with Crippen LogP contribution in [0.4, 0.5) is 0 Å². The minimum Gasteiger partial charge on any atom is -0.370 e. The number of carbonyl (C=O) groups is 1. The predicted molar refractivity (Wildman–Crippen MR) is 59.8 cm³/mol. The maximum Gasteiger partial charge on any atom is 0.279 e. The predicted octanol–water partition coefficient (Wildman–Crippen LogP) is -2.01. The van der Waals surface area contributed by atoms with Gasteiger partial charge in [0, 0.05) is 38.6 Å². The molecular formula is C8H18N4O3S. The Bertz CT molecular complexity index is 337. The first-order valence-corrected chi connectivity index (χ1v) is 6.62. The molecule has 0 aromatic carbocycles. The van der Waals surface area contributed by atoms with Gasteiger partial charge in [-0.1, -0.05) is 0 Å². The molecule has 0 radical (unpaired) electrons. The number of amides is 1. The number of rotatable bonds is 5. The number of piperazine rings is 1. The van der Waals surface area contributed by atoms with E-state index in [9.17, 15) is 13.2 Å². The highest BCUT2D eigenvalue weighted by Crippen LogP contribution is 2.02. The summed E-state index contributed by atoms with van der Waals surface area (Å²) in [4.78, 5) is 10.6. The molecule has 0 spiro atoms. The fourth-order valence-corrected chi connectivity index (χ4v) is 2.96. The summed E-state index contributed by atoms with van der Waals surface area (Å²) in [6.45, 7) is 3.79. The van der Waals surface area contributed by atoms with Crippen LogP contribution in [-0.2, 0) is 15.0 Å². The second kappa shape index (κ2) is 5.58. The zero-order valence-electron chi connectivity index (χ0n) is 9.27. The van der Waals surface area contributed by atoms with Crippen molar-refractivity contribution in [1.82, 2.24) is 14.3 Å². The van der Waals surface area contributed by atoms with Crippen LogP contribution in [-0.4, -0.2) is 50.9 Å². The molecule has 1 atom stereocenters. The van der Waals surface area contributed by atoms with Crippen LogP contribution < -0.4 is 15.8 Å². The molecule has 1 aliphatic heterocycles. The Morgan fingerprint density at radius 1 is 1.50 bits per heavy atom. The SMILES string of the molecule is CC(CC(N)=O)NS(=O)(=O)N1CCNCC1. The van der Waals surface area contributed by atoms with Crippen molar-refractivity contribution >= 4 is 16.1 Å². The summed E-state index contributed by atoms with van der Waals surface area (Å²) in [5, 5.41) is 3.06. The Labute approximate surface area is 95.5 Å². The van der Waals surface area contributed by atoms with Gasteiger partial charge in [0.05, 0.1) is 0 Å². The van der Waals surface area contributed by atoms with Crippen LogP contribution in [0.2, 0.25) is 0 Å². The van der Waals surface area contributed by atoms with E-state index >= 15 is 0 Å². The van der Waals surface area contributed by atoms with Crippen molar-refractivity contribution in [2.24, 2.45) is 5.73 Å². The highest BCUT2D eigenvalue weighted by atomic mass is 32.2. The van der Waals surface area contributed by atoms with Gasteiger partial charge in [-0.15, -0.1) is 0 Å². The van der Waals surface area contributed by atoms with E-state index in [1.165, 1.54) is 4.31 Å². The summed E-state index contributed by atoms with van der Waals surface area (Å²) in [7, 11) is -3.49. The average molecular weight is 250 g/mol. The fourth-order valence-electron chi connectivity index (χ4n) is 1.56. The first-order chi connectivity index (χ1) is 7.42. The summed E-state index contributed by atoms with van der Waals surface area (Å²) < 4.78 is 27.4. The molecule has 94 valence electrons. The molecule has 4 N–H and O–H groups in total. The van der Waals surface area contributed by atoms with Gasteiger partial charge in [-0.05, 0) is 6.92 Å². The minimum atomic E-state index is -3.49. The van der Waals surface area contributed by atoms with Crippen LogP contribution in [0, 0.1) is 0 Å². The largest absolute Gasteiger partial charge is 0.370 e. The molecule has 1 heterocycles. The number of nitrogens with two attached hydrogens (primary N) is 1. The molecule has 0 aliphatic carbocycles. The normalized spacial score (nSPS) is 20.6. The summed E-state index contributed by atoms with van der Waals surface area (Å²) >= 11 is 0. The fraction of sp³-hybridized carbons (Fsp3) is 0.875. The van der Waals surface area contributed by atoms with Crippen molar-refractivity contribution in [3.05, 3.63) is 0 Å². The van der Waals surface area contributed by atoms with Gasteiger partial charge >= 0.3 is 0 Å². The van der Waals surface area contributed by atoms with E-state index in [1.54, 1.807) is 6.92 Å². The molecule has 1 unspecified atom stereocenters. The lowest BCUT2D eigenvalue weighted by Gasteiger charge is -2.27. The minimum absolute atomic E-state index is 0.00528. The third kappa shape index (κ3) is 4.05. The van der Waals surface area contributed by atoms with Gasteiger partial charge in [-0.2, -0.15) is 17.4 Å². The monoisotopic (exact) mass is 250 g/mol. The lowest BCUT2D eigenvalue weighted by molar-refractivity contribution is -0.118. The number of nitrogens with zero attached hydrogens (tertiary/aromatic N) is 1. The molecule has 0 bridgehead atoms. The van der Waals surface area contributed by atoms with Crippen LogP contribution in [0.3, 0.4) is 0 Å². The van der Waals surface area contributed by atoms with Crippen LogP contribution in [0.15, 0.2) is 0 Å². The van der Waals surface area contributed by atoms with Gasteiger partial charge in [0.15, 0.2) is 0 Å². The van der Waals surface area contributed by atoms with Crippen LogP contribution in [0.1, 0.15) is 13.3 Å². The van der Waals surface area contributed by atoms with Crippen molar-refractivity contribution in [2.75, 3.05) is 26.2 Å². The van der Waals surface area contributed by atoms with Crippen LogP contribution in [0.5, 0.6) is 0 Å². The van der Waals surface area contributed by atoms with Crippen molar-refractivity contribution in [3.63, 3.8) is 0 Å². The van der Waals surface area contributed by atoms with E-state index in [1.807, 2.05) is 0 Å². The second-order valence-electron chi connectivity index (χ2n) is 3.84. The Morgan fingerprint density at radius 2 is 2.06 bits per heavy atom. The highest BCUT2D eigenvalue weighted by molar-refractivity contribution is 7.87. The zero-order valence-corrected chi connectivity index (χ0v) is 10.1. The number of nitrogens with one attached hydrogen (secondary N) is 2. The highest BCUT2D eigenvalue weighted by Gasteiger charge is 2.25. The maximum atomic E-state index is 11.8. The van der Waals surface area contributed by atoms with E-state index < -0.39 is 22.2 Å². The Morgan fingerprint density at radius 3 is 2.56 bits per heavy atom. The van der Waals surface area contributed by atoms with Gasteiger partial charge < -0.3 is 11.1 Å². The lowest BCUT2D eigenvalue weighted by atomic mass is 10.2. The van der Waals surface area contributed by atoms with E-state index in [2.05, 4.69) is 10.0 Å². The van der Waals surface area contributed by atoms with Crippen LogP contribution in [0.25, 0.3) is 0 Å². The third-order valence-electron chi connectivity index (χ3n) is 2.27. The topological polar surface area (TPSA) is 105 Å². The molecule has 0 aromatic rings. The van der Waals surface area contributed by atoms with Crippen molar-refractivity contribution in [3.8, 4) is 0 Å². The molecule has 1 amide bonds. The molecule has 0 saturated carbocycles. The first-order valence-electron chi connectivity index (χ1n) is 5.18. The first kappa shape index (κ1) is 13.4. The van der Waals surface area contributed by atoms with Crippen molar-refractivity contribution in [1.29, 1.82) is 0 Å². The molecule has 1 fully saturated rings. The smallest absolute Gasteiger partial charge is 0.279 e.